The molecular weight excluding hydrogens is 360 g/mol. The summed E-state index contributed by atoms with van der Waals surface area (Å²) in [5.74, 6) is 0.504. The number of hydrogen-bond donors (Lipinski definition) is 3. The lowest BCUT2D eigenvalue weighted by Gasteiger charge is -2.07. The number of phenols is 1. The number of methoxy groups -OCH3 is 1. The van der Waals surface area contributed by atoms with Crippen LogP contribution in [-0.4, -0.2) is 41.1 Å². The number of nitrogens with one attached hydrogen (secondary N) is 2. The molecule has 1 aromatic heterocycles. The normalized spacial score (nSPS) is 10.8. The number of hydrazone groups is 1. The summed E-state index contributed by atoms with van der Waals surface area (Å²) >= 11 is 0. The highest BCUT2D eigenvalue weighted by atomic mass is 16.5. The van der Waals surface area contributed by atoms with E-state index in [1.54, 1.807) is 31.4 Å². The SMILES string of the molecule is CCOc1cccc(/C=N/NC(=O)c2cc(-c3ccccc3OC)n[nH]2)c1O. The molecule has 0 fully saturated rings. The van der Waals surface area contributed by atoms with Crippen molar-refractivity contribution in [2.75, 3.05) is 13.7 Å². The molecule has 8 heteroatoms. The highest BCUT2D eigenvalue weighted by Crippen LogP contribution is 2.29. The van der Waals surface area contributed by atoms with Gasteiger partial charge in [0.1, 0.15) is 11.4 Å². The highest BCUT2D eigenvalue weighted by Gasteiger charge is 2.13. The van der Waals surface area contributed by atoms with Crippen molar-refractivity contribution in [2.24, 2.45) is 5.10 Å². The summed E-state index contributed by atoms with van der Waals surface area (Å²) in [4.78, 5) is 12.3. The molecule has 0 saturated carbocycles. The van der Waals surface area contributed by atoms with Crippen molar-refractivity contribution in [2.45, 2.75) is 6.92 Å². The van der Waals surface area contributed by atoms with Gasteiger partial charge < -0.3 is 14.6 Å². The molecule has 0 aliphatic heterocycles. The number of aromatic amines is 1. The molecule has 0 spiro atoms. The minimum atomic E-state index is -0.467. The van der Waals surface area contributed by atoms with Crippen LogP contribution in [0.3, 0.4) is 0 Å². The van der Waals surface area contributed by atoms with Gasteiger partial charge >= 0.3 is 0 Å². The average Bonchev–Trinajstić information content (AvgIpc) is 3.21. The first-order valence-corrected chi connectivity index (χ1v) is 8.61. The number of ether oxygens (including phenoxy) is 2. The molecule has 0 saturated heterocycles. The van der Waals surface area contributed by atoms with Crippen molar-refractivity contribution in [1.82, 2.24) is 15.6 Å². The van der Waals surface area contributed by atoms with Crippen molar-refractivity contribution >= 4 is 12.1 Å². The van der Waals surface area contributed by atoms with Gasteiger partial charge in [-0.25, -0.2) is 5.43 Å². The summed E-state index contributed by atoms with van der Waals surface area (Å²) in [6.45, 7) is 2.25. The number of carbonyl (C=O) groups is 1. The minimum Gasteiger partial charge on any atom is -0.504 e. The summed E-state index contributed by atoms with van der Waals surface area (Å²) in [5, 5.41) is 20.8. The Labute approximate surface area is 161 Å². The molecule has 1 heterocycles. The third kappa shape index (κ3) is 4.12. The van der Waals surface area contributed by atoms with Gasteiger partial charge in [-0.3, -0.25) is 9.89 Å². The van der Waals surface area contributed by atoms with E-state index in [1.165, 1.54) is 6.21 Å². The molecule has 0 radical (unpaired) electrons. The Balaban J connectivity index is 1.70. The first-order valence-electron chi connectivity index (χ1n) is 8.61. The second kappa shape index (κ2) is 8.72. The molecule has 8 nitrogen and oxygen atoms in total. The lowest BCUT2D eigenvalue weighted by molar-refractivity contribution is 0.0950. The lowest BCUT2D eigenvalue weighted by Crippen LogP contribution is -2.18. The number of aromatic hydroxyl groups is 1. The fourth-order valence-electron chi connectivity index (χ4n) is 2.57. The van der Waals surface area contributed by atoms with Crippen LogP contribution in [0, 0.1) is 0 Å². The molecule has 0 bridgehead atoms. The monoisotopic (exact) mass is 380 g/mol. The van der Waals surface area contributed by atoms with Gasteiger partial charge in [-0.1, -0.05) is 18.2 Å². The number of H-pyrrole nitrogens is 1. The largest absolute Gasteiger partial charge is 0.504 e. The van der Waals surface area contributed by atoms with Crippen LogP contribution in [0.25, 0.3) is 11.3 Å². The third-order valence-corrected chi connectivity index (χ3v) is 3.91. The van der Waals surface area contributed by atoms with Crippen LogP contribution in [-0.2, 0) is 0 Å². The van der Waals surface area contributed by atoms with Gasteiger partial charge in [-0.05, 0) is 37.3 Å². The van der Waals surface area contributed by atoms with Gasteiger partial charge in [0.25, 0.3) is 5.91 Å². The molecule has 0 aliphatic rings. The number of carbonyl (C=O) groups excluding carboxylic acids is 1. The Hall–Kier alpha value is -3.81. The fraction of sp³-hybridized carbons (Fsp3) is 0.150. The van der Waals surface area contributed by atoms with Gasteiger partial charge in [0.2, 0.25) is 0 Å². The second-order valence-electron chi connectivity index (χ2n) is 5.69. The molecule has 28 heavy (non-hydrogen) atoms. The predicted molar refractivity (Wildman–Crippen MR) is 105 cm³/mol. The Morgan fingerprint density at radius 3 is 2.82 bits per heavy atom. The molecule has 2 aromatic carbocycles. The molecule has 1 amide bonds. The maximum absolute atomic E-state index is 12.3. The first-order chi connectivity index (χ1) is 13.6. The number of hydrogen-bond acceptors (Lipinski definition) is 6. The number of phenolic OH excluding ortho intramolecular Hbond substituents is 1. The van der Waals surface area contributed by atoms with Crippen LogP contribution in [0.1, 0.15) is 23.0 Å². The van der Waals surface area contributed by atoms with E-state index >= 15 is 0 Å². The topological polar surface area (TPSA) is 109 Å². The molecule has 0 aliphatic carbocycles. The van der Waals surface area contributed by atoms with E-state index in [0.29, 0.717) is 29.4 Å². The minimum absolute atomic E-state index is 0.0395. The third-order valence-electron chi connectivity index (χ3n) is 3.91. The summed E-state index contributed by atoms with van der Waals surface area (Å²) in [5.41, 5.74) is 4.40. The second-order valence-corrected chi connectivity index (χ2v) is 5.69. The van der Waals surface area contributed by atoms with Crippen molar-refractivity contribution < 1.29 is 19.4 Å². The summed E-state index contributed by atoms with van der Waals surface area (Å²) in [7, 11) is 1.57. The number of amides is 1. The van der Waals surface area contributed by atoms with Gasteiger partial charge in [-0.15, -0.1) is 0 Å². The smallest absolute Gasteiger partial charge is 0.289 e. The van der Waals surface area contributed by atoms with E-state index in [2.05, 4.69) is 20.7 Å². The highest BCUT2D eigenvalue weighted by molar-refractivity contribution is 5.94. The van der Waals surface area contributed by atoms with Gasteiger partial charge in [0.05, 0.1) is 25.6 Å². The van der Waals surface area contributed by atoms with E-state index in [9.17, 15) is 9.90 Å². The molecular formula is C20H20N4O4. The van der Waals surface area contributed by atoms with Crippen molar-refractivity contribution in [3.63, 3.8) is 0 Å². The summed E-state index contributed by atoms with van der Waals surface area (Å²) < 4.78 is 10.6. The van der Waals surface area contributed by atoms with Crippen LogP contribution in [0.4, 0.5) is 0 Å². The first kappa shape index (κ1) is 19.0. The summed E-state index contributed by atoms with van der Waals surface area (Å²) in [6.07, 6.45) is 1.34. The molecule has 3 aromatic rings. The van der Waals surface area contributed by atoms with Gasteiger partial charge in [-0.2, -0.15) is 10.2 Å². The summed E-state index contributed by atoms with van der Waals surface area (Å²) in [6, 6.07) is 14.0. The number of benzene rings is 2. The molecule has 0 atom stereocenters. The Morgan fingerprint density at radius 1 is 1.25 bits per heavy atom. The van der Waals surface area contributed by atoms with Crippen LogP contribution in [0.5, 0.6) is 17.2 Å². The zero-order valence-corrected chi connectivity index (χ0v) is 15.5. The molecule has 3 N–H and O–H groups in total. The van der Waals surface area contributed by atoms with E-state index in [0.717, 1.165) is 5.56 Å². The maximum Gasteiger partial charge on any atom is 0.289 e. The zero-order chi connectivity index (χ0) is 19.9. The lowest BCUT2D eigenvalue weighted by atomic mass is 10.1. The number of nitrogens with zero attached hydrogens (tertiary/aromatic N) is 2. The Morgan fingerprint density at radius 2 is 2.04 bits per heavy atom. The van der Waals surface area contributed by atoms with Crippen LogP contribution >= 0.6 is 0 Å². The van der Waals surface area contributed by atoms with Crippen LogP contribution < -0.4 is 14.9 Å². The number of rotatable bonds is 7. The Bertz CT molecular complexity index is 997. The average molecular weight is 380 g/mol. The van der Waals surface area contributed by atoms with Crippen molar-refractivity contribution in [1.29, 1.82) is 0 Å². The van der Waals surface area contributed by atoms with Gasteiger partial charge in [0.15, 0.2) is 11.5 Å². The van der Waals surface area contributed by atoms with Crippen molar-refractivity contribution in [3.05, 3.63) is 59.8 Å². The van der Waals surface area contributed by atoms with E-state index in [-0.39, 0.29) is 11.4 Å². The van der Waals surface area contributed by atoms with E-state index in [4.69, 9.17) is 9.47 Å². The predicted octanol–water partition coefficient (Wildman–Crippen LogP) is 2.95. The molecule has 0 unspecified atom stereocenters. The van der Waals surface area contributed by atoms with Gasteiger partial charge in [0, 0.05) is 11.1 Å². The fourth-order valence-corrected chi connectivity index (χ4v) is 2.57. The maximum atomic E-state index is 12.3. The molecule has 144 valence electrons. The Kier molecular flexibility index (Phi) is 5.91. The quantitative estimate of drug-likeness (QED) is 0.431. The zero-order valence-electron chi connectivity index (χ0n) is 15.5. The van der Waals surface area contributed by atoms with E-state index < -0.39 is 5.91 Å². The van der Waals surface area contributed by atoms with Crippen LogP contribution in [0.15, 0.2) is 53.6 Å². The number of para-hydroxylation sites is 2. The number of aromatic nitrogens is 2. The standard InChI is InChI=1S/C20H20N4O4/c1-3-28-18-10-6-7-13(19(18)25)12-21-24-20(26)16-11-15(22-23-16)14-8-4-5-9-17(14)27-2/h4-12,25H,3H2,1-2H3,(H,22,23)(H,24,26)/b21-12+. The molecule has 3 rings (SSSR count). The van der Waals surface area contributed by atoms with Crippen LogP contribution in [0.2, 0.25) is 0 Å². The van der Waals surface area contributed by atoms with E-state index in [1.807, 2.05) is 31.2 Å². The van der Waals surface area contributed by atoms with Crippen molar-refractivity contribution in [3.8, 4) is 28.5 Å².